The van der Waals surface area contributed by atoms with Crippen molar-refractivity contribution in [1.82, 2.24) is 4.98 Å². The highest BCUT2D eigenvalue weighted by molar-refractivity contribution is 9.10. The summed E-state index contributed by atoms with van der Waals surface area (Å²) in [4.78, 5) is 14.3. The average molecular weight is 326 g/mol. The lowest BCUT2D eigenvalue weighted by atomic mass is 10.2. The van der Waals surface area contributed by atoms with Crippen LogP contribution >= 0.6 is 15.9 Å². The predicted molar refractivity (Wildman–Crippen MR) is 69.6 cm³/mol. The third-order valence-corrected chi connectivity index (χ3v) is 2.95. The lowest BCUT2D eigenvalue weighted by Gasteiger charge is -2.06. The van der Waals surface area contributed by atoms with Gasteiger partial charge in [-0.1, -0.05) is 6.07 Å². The fraction of sp³-hybridized carbons (Fsp3) is 0.0769. The number of aromatic carboxylic acids is 1. The second-order valence-electron chi connectivity index (χ2n) is 3.72. The SMILES string of the molecule is O=C(O)c1ccc(OCc2ccc(F)c(Br)c2)cn1. The van der Waals surface area contributed by atoms with Crippen LogP contribution in [0.1, 0.15) is 16.1 Å². The molecule has 0 aliphatic heterocycles. The summed E-state index contributed by atoms with van der Waals surface area (Å²) in [7, 11) is 0. The van der Waals surface area contributed by atoms with Crippen LogP contribution in [0.4, 0.5) is 4.39 Å². The van der Waals surface area contributed by atoms with Crippen LogP contribution in [0.2, 0.25) is 0 Å². The molecule has 2 aromatic rings. The van der Waals surface area contributed by atoms with Gasteiger partial charge in [0.05, 0.1) is 10.7 Å². The summed E-state index contributed by atoms with van der Waals surface area (Å²) in [6, 6.07) is 7.45. The monoisotopic (exact) mass is 325 g/mol. The number of pyridine rings is 1. The van der Waals surface area contributed by atoms with Gasteiger partial charge in [-0.15, -0.1) is 0 Å². The Kier molecular flexibility index (Phi) is 4.11. The number of hydrogen-bond acceptors (Lipinski definition) is 3. The van der Waals surface area contributed by atoms with Crippen molar-refractivity contribution in [2.75, 3.05) is 0 Å². The Bertz CT molecular complexity index is 601. The second kappa shape index (κ2) is 5.79. The quantitative estimate of drug-likeness (QED) is 0.937. The number of ether oxygens (including phenoxy) is 1. The van der Waals surface area contributed by atoms with E-state index < -0.39 is 5.97 Å². The van der Waals surface area contributed by atoms with Crippen molar-refractivity contribution in [1.29, 1.82) is 0 Å². The minimum Gasteiger partial charge on any atom is -0.487 e. The number of benzene rings is 1. The number of halogens is 2. The Hall–Kier alpha value is -1.95. The number of carboxylic acids is 1. The molecule has 4 nitrogen and oxygen atoms in total. The summed E-state index contributed by atoms with van der Waals surface area (Å²) in [5, 5.41) is 8.70. The highest BCUT2D eigenvalue weighted by Gasteiger charge is 2.05. The lowest BCUT2D eigenvalue weighted by molar-refractivity contribution is 0.0690. The van der Waals surface area contributed by atoms with Gasteiger partial charge in [-0.2, -0.15) is 0 Å². The Morgan fingerprint density at radius 3 is 2.74 bits per heavy atom. The van der Waals surface area contributed by atoms with Crippen LogP contribution in [0.15, 0.2) is 41.0 Å². The molecule has 1 N–H and O–H groups in total. The summed E-state index contributed by atoms with van der Waals surface area (Å²) in [6.45, 7) is 0.243. The van der Waals surface area contributed by atoms with Gasteiger partial charge in [0.15, 0.2) is 0 Å². The molecule has 0 aliphatic rings. The first-order valence-electron chi connectivity index (χ1n) is 5.32. The maximum Gasteiger partial charge on any atom is 0.354 e. The van der Waals surface area contributed by atoms with E-state index in [0.717, 1.165) is 5.56 Å². The molecule has 1 aromatic heterocycles. The number of hydrogen-bond donors (Lipinski definition) is 1. The molecule has 2 rings (SSSR count). The molecule has 0 spiro atoms. The molecule has 0 unspecified atom stereocenters. The summed E-state index contributed by atoms with van der Waals surface area (Å²) in [5.74, 6) is -0.976. The van der Waals surface area contributed by atoms with E-state index in [1.807, 2.05) is 0 Å². The van der Waals surface area contributed by atoms with Crippen molar-refractivity contribution < 1.29 is 19.0 Å². The molecule has 0 bridgehead atoms. The number of aromatic nitrogens is 1. The summed E-state index contributed by atoms with van der Waals surface area (Å²) in [6.07, 6.45) is 1.34. The smallest absolute Gasteiger partial charge is 0.354 e. The summed E-state index contributed by atoms with van der Waals surface area (Å²) < 4.78 is 18.8. The lowest BCUT2D eigenvalue weighted by Crippen LogP contribution is -2.01. The zero-order chi connectivity index (χ0) is 13.8. The number of rotatable bonds is 4. The van der Waals surface area contributed by atoms with Gasteiger partial charge >= 0.3 is 5.97 Å². The first-order chi connectivity index (χ1) is 9.06. The Labute approximate surface area is 117 Å². The van der Waals surface area contributed by atoms with Crippen LogP contribution in [0, 0.1) is 5.82 Å². The molecule has 98 valence electrons. The largest absolute Gasteiger partial charge is 0.487 e. The Morgan fingerprint density at radius 2 is 2.16 bits per heavy atom. The number of nitrogens with zero attached hydrogens (tertiary/aromatic N) is 1. The molecular weight excluding hydrogens is 317 g/mol. The fourth-order valence-corrected chi connectivity index (χ4v) is 1.81. The first kappa shape index (κ1) is 13.5. The normalized spacial score (nSPS) is 10.2. The first-order valence-corrected chi connectivity index (χ1v) is 6.11. The van der Waals surface area contributed by atoms with Crippen molar-refractivity contribution in [3.05, 3.63) is 58.1 Å². The van der Waals surface area contributed by atoms with Crippen LogP contribution in [-0.2, 0) is 6.61 Å². The fourth-order valence-electron chi connectivity index (χ4n) is 1.39. The van der Waals surface area contributed by atoms with Gasteiger partial charge in [-0.3, -0.25) is 0 Å². The van der Waals surface area contributed by atoms with Crippen LogP contribution < -0.4 is 4.74 Å². The van der Waals surface area contributed by atoms with Gasteiger partial charge in [-0.05, 0) is 45.8 Å². The van der Waals surface area contributed by atoms with Gasteiger partial charge in [0.25, 0.3) is 0 Å². The molecule has 1 aromatic carbocycles. The highest BCUT2D eigenvalue weighted by Crippen LogP contribution is 2.18. The van der Waals surface area contributed by atoms with Crippen molar-refractivity contribution in [3.63, 3.8) is 0 Å². The molecule has 1 heterocycles. The maximum atomic E-state index is 13.0. The van der Waals surface area contributed by atoms with E-state index in [4.69, 9.17) is 9.84 Å². The molecule has 0 radical (unpaired) electrons. The summed E-state index contributed by atoms with van der Waals surface area (Å²) in [5.41, 5.74) is 0.743. The molecule has 0 fully saturated rings. The van der Waals surface area contributed by atoms with E-state index in [-0.39, 0.29) is 18.1 Å². The third-order valence-electron chi connectivity index (χ3n) is 2.34. The van der Waals surface area contributed by atoms with E-state index in [2.05, 4.69) is 20.9 Å². The molecule has 6 heteroatoms. The standard InChI is InChI=1S/C13H9BrFNO3/c14-10-5-8(1-3-11(10)15)7-19-9-2-4-12(13(17)18)16-6-9/h1-6H,7H2,(H,17,18). The predicted octanol–water partition coefficient (Wildman–Crippen LogP) is 3.26. The molecular formula is C13H9BrFNO3. The van der Waals surface area contributed by atoms with E-state index in [1.165, 1.54) is 24.4 Å². The molecule has 0 saturated heterocycles. The van der Waals surface area contributed by atoms with Crippen molar-refractivity contribution in [2.24, 2.45) is 0 Å². The second-order valence-corrected chi connectivity index (χ2v) is 4.58. The van der Waals surface area contributed by atoms with Crippen LogP contribution in [0.3, 0.4) is 0 Å². The van der Waals surface area contributed by atoms with E-state index in [0.29, 0.717) is 10.2 Å². The number of carbonyl (C=O) groups is 1. The van der Waals surface area contributed by atoms with Gasteiger partial charge in [-0.25, -0.2) is 14.2 Å². The van der Waals surface area contributed by atoms with Crippen LogP contribution in [0.25, 0.3) is 0 Å². The van der Waals surface area contributed by atoms with Gasteiger partial charge in [0, 0.05) is 0 Å². The van der Waals surface area contributed by atoms with E-state index in [1.54, 1.807) is 12.1 Å². The van der Waals surface area contributed by atoms with E-state index in [9.17, 15) is 9.18 Å². The van der Waals surface area contributed by atoms with E-state index >= 15 is 0 Å². The third kappa shape index (κ3) is 3.51. The maximum absolute atomic E-state index is 13.0. The zero-order valence-corrected chi connectivity index (χ0v) is 11.2. The number of carboxylic acid groups (broad SMARTS) is 1. The molecule has 0 atom stereocenters. The van der Waals surface area contributed by atoms with Gasteiger partial charge in [0.2, 0.25) is 0 Å². The minimum absolute atomic E-state index is 0.0446. The Balaban J connectivity index is 2.01. The Morgan fingerprint density at radius 1 is 1.37 bits per heavy atom. The molecule has 0 aliphatic carbocycles. The molecule has 19 heavy (non-hydrogen) atoms. The van der Waals surface area contributed by atoms with Crippen molar-refractivity contribution in [3.8, 4) is 5.75 Å². The van der Waals surface area contributed by atoms with Crippen molar-refractivity contribution >= 4 is 21.9 Å². The molecule has 0 amide bonds. The minimum atomic E-state index is -1.09. The molecule has 0 saturated carbocycles. The highest BCUT2D eigenvalue weighted by atomic mass is 79.9. The van der Waals surface area contributed by atoms with Crippen LogP contribution in [-0.4, -0.2) is 16.1 Å². The summed E-state index contributed by atoms with van der Waals surface area (Å²) >= 11 is 3.09. The average Bonchev–Trinajstić information content (AvgIpc) is 2.40. The topological polar surface area (TPSA) is 59.4 Å². The van der Waals surface area contributed by atoms with Crippen molar-refractivity contribution in [2.45, 2.75) is 6.61 Å². The van der Waals surface area contributed by atoms with Gasteiger partial charge < -0.3 is 9.84 Å². The van der Waals surface area contributed by atoms with Crippen LogP contribution in [0.5, 0.6) is 5.75 Å². The van der Waals surface area contributed by atoms with Gasteiger partial charge in [0.1, 0.15) is 23.9 Å². The zero-order valence-electron chi connectivity index (χ0n) is 9.64.